The van der Waals surface area contributed by atoms with E-state index in [0.29, 0.717) is 11.6 Å². The zero-order valence-electron chi connectivity index (χ0n) is 11.4. The van der Waals surface area contributed by atoms with E-state index in [1.807, 2.05) is 20.8 Å². The lowest BCUT2D eigenvalue weighted by Gasteiger charge is -2.18. The molecule has 4 nitrogen and oxygen atoms in total. The fraction of sp³-hybridized carbons (Fsp3) is 0.286. The first-order valence-corrected chi connectivity index (χ1v) is 6.44. The van der Waals surface area contributed by atoms with Gasteiger partial charge in [-0.25, -0.2) is 14.4 Å². The predicted molar refractivity (Wildman–Crippen MR) is 77.1 cm³/mol. The fourth-order valence-corrected chi connectivity index (χ4v) is 1.74. The number of phenolic OH excluding ortho intramolecular Hbond substituents is 1. The van der Waals surface area contributed by atoms with Crippen LogP contribution in [0.4, 0.5) is 15.9 Å². The van der Waals surface area contributed by atoms with Gasteiger partial charge in [0, 0.05) is 17.5 Å². The van der Waals surface area contributed by atoms with Gasteiger partial charge in [-0.1, -0.05) is 32.4 Å². The third-order valence-electron chi connectivity index (χ3n) is 2.58. The second kappa shape index (κ2) is 5.25. The number of hydrogen-bond acceptors (Lipinski definition) is 4. The summed E-state index contributed by atoms with van der Waals surface area (Å²) in [5.41, 5.74) is -0.0631. The molecule has 2 rings (SSSR count). The summed E-state index contributed by atoms with van der Waals surface area (Å²) in [4.78, 5) is 8.49. The van der Waals surface area contributed by atoms with Gasteiger partial charge in [-0.3, -0.25) is 0 Å². The Bertz CT molecular complexity index is 641. The standard InChI is InChI=1S/C14H15ClFN3O/c1-14(2,3)13-18-11(15)7-12(19-13)17-10-5-4-8(20)6-9(10)16/h4-7,20H,1-3H3,(H,17,18,19). The third-order valence-corrected chi connectivity index (χ3v) is 2.77. The average molecular weight is 296 g/mol. The van der Waals surface area contributed by atoms with E-state index in [0.717, 1.165) is 6.07 Å². The molecule has 0 atom stereocenters. The molecule has 0 aliphatic heterocycles. The van der Waals surface area contributed by atoms with Crippen LogP contribution < -0.4 is 5.32 Å². The van der Waals surface area contributed by atoms with Gasteiger partial charge in [0.1, 0.15) is 28.4 Å². The van der Waals surface area contributed by atoms with Gasteiger partial charge in [0.05, 0.1) is 5.69 Å². The molecular formula is C14H15ClFN3O. The Morgan fingerprint density at radius 2 is 1.90 bits per heavy atom. The number of nitrogens with zero attached hydrogens (tertiary/aromatic N) is 2. The number of rotatable bonds is 2. The van der Waals surface area contributed by atoms with Crippen LogP contribution in [0.5, 0.6) is 5.75 Å². The Balaban J connectivity index is 2.36. The molecule has 0 bridgehead atoms. The molecule has 0 unspecified atom stereocenters. The molecule has 0 aliphatic rings. The Morgan fingerprint density at radius 1 is 1.20 bits per heavy atom. The molecule has 0 radical (unpaired) electrons. The molecule has 0 amide bonds. The van der Waals surface area contributed by atoms with E-state index < -0.39 is 5.82 Å². The van der Waals surface area contributed by atoms with Crippen LogP contribution in [0, 0.1) is 5.82 Å². The van der Waals surface area contributed by atoms with Crippen LogP contribution in [0.2, 0.25) is 5.15 Å². The number of anilines is 2. The highest BCUT2D eigenvalue weighted by Crippen LogP contribution is 2.26. The minimum atomic E-state index is -0.572. The molecule has 1 aromatic heterocycles. The number of benzene rings is 1. The number of nitrogens with one attached hydrogen (secondary N) is 1. The van der Waals surface area contributed by atoms with Crippen molar-refractivity contribution in [3.8, 4) is 5.75 Å². The molecule has 20 heavy (non-hydrogen) atoms. The SMILES string of the molecule is CC(C)(C)c1nc(Cl)cc(Nc2ccc(O)cc2F)n1. The fourth-order valence-electron chi connectivity index (χ4n) is 1.56. The summed E-state index contributed by atoms with van der Waals surface area (Å²) in [6.45, 7) is 5.89. The minimum absolute atomic E-state index is 0.135. The van der Waals surface area contributed by atoms with E-state index in [4.69, 9.17) is 11.6 Å². The molecule has 1 aromatic carbocycles. The monoisotopic (exact) mass is 295 g/mol. The van der Waals surface area contributed by atoms with Gasteiger partial charge in [-0.05, 0) is 12.1 Å². The van der Waals surface area contributed by atoms with Gasteiger partial charge in [-0.15, -0.1) is 0 Å². The van der Waals surface area contributed by atoms with Crippen molar-refractivity contribution in [3.05, 3.63) is 41.1 Å². The second-order valence-corrected chi connectivity index (χ2v) is 5.83. The number of halogens is 2. The number of phenols is 1. The van der Waals surface area contributed by atoms with Crippen LogP contribution in [0.15, 0.2) is 24.3 Å². The first kappa shape index (κ1) is 14.5. The Morgan fingerprint density at radius 3 is 2.50 bits per heavy atom. The largest absolute Gasteiger partial charge is 0.508 e. The molecule has 0 fully saturated rings. The maximum atomic E-state index is 13.7. The Kier molecular flexibility index (Phi) is 3.81. The summed E-state index contributed by atoms with van der Waals surface area (Å²) in [6.07, 6.45) is 0. The van der Waals surface area contributed by atoms with E-state index in [1.54, 1.807) is 0 Å². The molecule has 2 aromatic rings. The maximum Gasteiger partial charge on any atom is 0.150 e. The molecule has 6 heteroatoms. The first-order chi connectivity index (χ1) is 9.25. The highest BCUT2D eigenvalue weighted by molar-refractivity contribution is 6.29. The lowest BCUT2D eigenvalue weighted by molar-refractivity contribution is 0.469. The maximum absolute atomic E-state index is 13.7. The molecule has 0 aliphatic carbocycles. The van der Waals surface area contributed by atoms with Gasteiger partial charge in [0.2, 0.25) is 0 Å². The summed E-state index contributed by atoms with van der Waals surface area (Å²) in [5.74, 6) is 0.257. The summed E-state index contributed by atoms with van der Waals surface area (Å²) in [5, 5.41) is 12.3. The lowest BCUT2D eigenvalue weighted by atomic mass is 9.96. The Labute approximate surface area is 121 Å². The van der Waals surface area contributed by atoms with Crippen molar-refractivity contribution in [1.29, 1.82) is 0 Å². The zero-order valence-corrected chi connectivity index (χ0v) is 12.2. The first-order valence-electron chi connectivity index (χ1n) is 6.06. The van der Waals surface area contributed by atoms with Crippen molar-refractivity contribution < 1.29 is 9.50 Å². The number of hydrogen-bond donors (Lipinski definition) is 2. The van der Waals surface area contributed by atoms with Crippen molar-refractivity contribution in [2.45, 2.75) is 26.2 Å². The molecule has 0 saturated heterocycles. The van der Waals surface area contributed by atoms with Crippen molar-refractivity contribution in [2.24, 2.45) is 0 Å². The van der Waals surface area contributed by atoms with E-state index in [2.05, 4.69) is 15.3 Å². The highest BCUT2D eigenvalue weighted by Gasteiger charge is 2.19. The second-order valence-electron chi connectivity index (χ2n) is 5.44. The van der Waals surface area contributed by atoms with Crippen LogP contribution in [0.1, 0.15) is 26.6 Å². The van der Waals surface area contributed by atoms with Crippen molar-refractivity contribution >= 4 is 23.1 Å². The molecule has 106 valence electrons. The predicted octanol–water partition coefficient (Wildman–Crippen LogP) is 4.02. The van der Waals surface area contributed by atoms with Crippen molar-refractivity contribution in [3.63, 3.8) is 0 Å². The molecule has 1 heterocycles. The topological polar surface area (TPSA) is 58.0 Å². The van der Waals surface area contributed by atoms with Gasteiger partial charge < -0.3 is 10.4 Å². The number of aromatic hydroxyl groups is 1. The van der Waals surface area contributed by atoms with E-state index in [-0.39, 0.29) is 22.0 Å². The number of aromatic nitrogens is 2. The zero-order chi connectivity index (χ0) is 14.9. The van der Waals surface area contributed by atoms with Crippen LogP contribution in [-0.4, -0.2) is 15.1 Å². The van der Waals surface area contributed by atoms with Gasteiger partial charge in [0.25, 0.3) is 0 Å². The van der Waals surface area contributed by atoms with Crippen LogP contribution in [-0.2, 0) is 5.41 Å². The van der Waals surface area contributed by atoms with Crippen LogP contribution >= 0.6 is 11.6 Å². The van der Waals surface area contributed by atoms with Crippen LogP contribution in [0.3, 0.4) is 0 Å². The lowest BCUT2D eigenvalue weighted by Crippen LogP contribution is -2.16. The van der Waals surface area contributed by atoms with Crippen molar-refractivity contribution in [1.82, 2.24) is 9.97 Å². The quantitative estimate of drug-likeness (QED) is 0.649. The summed E-state index contributed by atoms with van der Waals surface area (Å²) in [7, 11) is 0. The molecule has 0 spiro atoms. The van der Waals surface area contributed by atoms with Gasteiger partial charge in [0.15, 0.2) is 0 Å². The minimum Gasteiger partial charge on any atom is -0.508 e. The summed E-state index contributed by atoms with van der Waals surface area (Å²) in [6, 6.07) is 5.36. The molecule has 0 saturated carbocycles. The van der Waals surface area contributed by atoms with Crippen molar-refractivity contribution in [2.75, 3.05) is 5.32 Å². The third kappa shape index (κ3) is 3.36. The van der Waals surface area contributed by atoms with E-state index in [9.17, 15) is 9.50 Å². The molecular weight excluding hydrogens is 281 g/mol. The normalized spacial score (nSPS) is 11.4. The summed E-state index contributed by atoms with van der Waals surface area (Å²) >= 11 is 5.96. The van der Waals surface area contributed by atoms with E-state index >= 15 is 0 Å². The van der Waals surface area contributed by atoms with Gasteiger partial charge in [-0.2, -0.15) is 0 Å². The molecule has 2 N–H and O–H groups in total. The Hall–Kier alpha value is -1.88. The van der Waals surface area contributed by atoms with Crippen LogP contribution in [0.25, 0.3) is 0 Å². The average Bonchev–Trinajstić information content (AvgIpc) is 2.31. The van der Waals surface area contributed by atoms with Gasteiger partial charge >= 0.3 is 0 Å². The van der Waals surface area contributed by atoms with E-state index in [1.165, 1.54) is 18.2 Å². The highest BCUT2D eigenvalue weighted by atomic mass is 35.5. The smallest absolute Gasteiger partial charge is 0.150 e. The summed E-state index contributed by atoms with van der Waals surface area (Å²) < 4.78 is 13.7.